The van der Waals surface area contributed by atoms with Crippen LogP contribution in [-0.2, 0) is 27.9 Å². The molecule has 0 aromatic rings. The zero-order valence-electron chi connectivity index (χ0n) is 41.1. The Morgan fingerprint density at radius 1 is 0.508 bits per heavy atom. The molecule has 0 radical (unpaired) electrons. The molecule has 0 heterocycles. The Morgan fingerprint density at radius 3 is 1.36 bits per heavy atom. The van der Waals surface area contributed by atoms with Gasteiger partial charge in [0.15, 0.2) is 0 Å². The number of phosphoric acid groups is 1. The molecule has 2 unspecified atom stereocenters. The van der Waals surface area contributed by atoms with Crippen LogP contribution in [-0.4, -0.2) is 70.7 Å². The van der Waals surface area contributed by atoms with Gasteiger partial charge in [0.25, 0.3) is 7.82 Å². The summed E-state index contributed by atoms with van der Waals surface area (Å²) in [5.74, 6) is -0.337. The standard InChI is InChI=1S/C52H102NO7P/c1-6-8-10-12-14-16-18-20-22-24-25-26-27-28-30-32-34-36-38-40-42-44-47-57-49-51(50-59-61(55,56)58-48-46-53(3,4)5)60-52(54)45-43-41-39-37-35-33-31-29-23-21-19-17-15-13-11-9-7-2/h15,17,21,23,51H,6-14,16,18-20,22,24-50H2,1-5H3/b17-15-,23-21-. The second-order valence-electron chi connectivity index (χ2n) is 18.9. The van der Waals surface area contributed by atoms with Gasteiger partial charge in [0.05, 0.1) is 34.4 Å². The highest BCUT2D eigenvalue weighted by Crippen LogP contribution is 2.38. The number of nitrogens with zero attached hydrogens (tertiary/aromatic N) is 1. The third-order valence-electron chi connectivity index (χ3n) is 11.5. The van der Waals surface area contributed by atoms with Crippen molar-refractivity contribution in [2.45, 2.75) is 251 Å². The van der Waals surface area contributed by atoms with Crippen LogP contribution >= 0.6 is 7.82 Å². The Morgan fingerprint density at radius 2 is 0.902 bits per heavy atom. The Labute approximate surface area is 379 Å². The molecule has 2 atom stereocenters. The number of carbonyl (C=O) groups is 1. The summed E-state index contributed by atoms with van der Waals surface area (Å²) in [5, 5.41) is 0. The molecule has 362 valence electrons. The van der Waals surface area contributed by atoms with Crippen molar-refractivity contribution in [3.05, 3.63) is 24.3 Å². The van der Waals surface area contributed by atoms with E-state index < -0.39 is 13.9 Å². The van der Waals surface area contributed by atoms with Gasteiger partial charge < -0.3 is 27.9 Å². The van der Waals surface area contributed by atoms with Gasteiger partial charge in [-0.15, -0.1) is 0 Å². The molecule has 0 saturated heterocycles. The average Bonchev–Trinajstić information content (AvgIpc) is 3.22. The third kappa shape index (κ3) is 49.8. The number of likely N-dealkylation sites (N-methyl/N-ethyl adjacent to an activating group) is 1. The first kappa shape index (κ1) is 60.0. The topological polar surface area (TPSA) is 94.1 Å². The molecule has 0 aliphatic heterocycles. The molecule has 0 amide bonds. The zero-order chi connectivity index (χ0) is 44.8. The summed E-state index contributed by atoms with van der Waals surface area (Å²) in [6.45, 7) is 5.43. The molecule has 0 N–H and O–H groups in total. The maximum absolute atomic E-state index is 12.7. The number of rotatable bonds is 49. The summed E-state index contributed by atoms with van der Waals surface area (Å²) in [6.07, 6.45) is 53.4. The van der Waals surface area contributed by atoms with Crippen LogP contribution in [0.2, 0.25) is 0 Å². The summed E-state index contributed by atoms with van der Waals surface area (Å²) in [7, 11) is 1.36. The van der Waals surface area contributed by atoms with Gasteiger partial charge in [0.1, 0.15) is 19.3 Å². The van der Waals surface area contributed by atoms with Crippen molar-refractivity contribution in [1.82, 2.24) is 0 Å². The van der Waals surface area contributed by atoms with Crippen LogP contribution in [0, 0.1) is 0 Å². The molecule has 0 rings (SSSR count). The number of hydrogen-bond donors (Lipinski definition) is 0. The van der Waals surface area contributed by atoms with Crippen molar-refractivity contribution < 1.29 is 37.3 Å². The largest absolute Gasteiger partial charge is 0.756 e. The van der Waals surface area contributed by atoms with E-state index in [-0.39, 0.29) is 25.8 Å². The molecule has 8 nitrogen and oxygen atoms in total. The smallest absolute Gasteiger partial charge is 0.306 e. The lowest BCUT2D eigenvalue weighted by atomic mass is 10.0. The van der Waals surface area contributed by atoms with E-state index in [1.165, 1.54) is 180 Å². The Balaban J connectivity index is 4.09. The average molecular weight is 884 g/mol. The van der Waals surface area contributed by atoms with E-state index in [1.54, 1.807) is 0 Å². The van der Waals surface area contributed by atoms with Crippen LogP contribution in [0.1, 0.15) is 245 Å². The van der Waals surface area contributed by atoms with Crippen molar-refractivity contribution in [1.29, 1.82) is 0 Å². The van der Waals surface area contributed by atoms with E-state index in [1.807, 2.05) is 21.1 Å². The summed E-state index contributed by atoms with van der Waals surface area (Å²) in [4.78, 5) is 25.2. The van der Waals surface area contributed by atoms with Crippen LogP contribution in [0.15, 0.2) is 24.3 Å². The van der Waals surface area contributed by atoms with E-state index in [4.69, 9.17) is 18.5 Å². The number of carbonyl (C=O) groups excluding carboxylic acids is 1. The predicted octanol–water partition coefficient (Wildman–Crippen LogP) is 15.3. The van der Waals surface area contributed by atoms with Crippen LogP contribution in [0.25, 0.3) is 0 Å². The number of hydrogen-bond acceptors (Lipinski definition) is 7. The van der Waals surface area contributed by atoms with Crippen molar-refractivity contribution in [2.75, 3.05) is 54.1 Å². The Hall–Kier alpha value is -1.02. The van der Waals surface area contributed by atoms with Crippen molar-refractivity contribution in [3.63, 3.8) is 0 Å². The fraction of sp³-hybridized carbons (Fsp3) is 0.904. The molecule has 0 spiro atoms. The maximum atomic E-state index is 12.7. The lowest BCUT2D eigenvalue weighted by molar-refractivity contribution is -0.870. The molecule has 61 heavy (non-hydrogen) atoms. The van der Waals surface area contributed by atoms with Gasteiger partial charge in [0.2, 0.25) is 0 Å². The quantitative estimate of drug-likeness (QED) is 0.0197. The first-order chi connectivity index (χ1) is 29.6. The third-order valence-corrected chi connectivity index (χ3v) is 12.5. The first-order valence-corrected chi connectivity index (χ1v) is 27.5. The normalized spacial score (nSPS) is 13.7. The lowest BCUT2D eigenvalue weighted by Gasteiger charge is -2.28. The van der Waals surface area contributed by atoms with Gasteiger partial charge in [-0.05, 0) is 44.9 Å². The van der Waals surface area contributed by atoms with Crippen LogP contribution in [0.4, 0.5) is 0 Å². The highest BCUT2D eigenvalue weighted by Gasteiger charge is 2.20. The molecule has 0 saturated carbocycles. The number of allylic oxidation sites excluding steroid dienone is 4. The fourth-order valence-electron chi connectivity index (χ4n) is 7.46. The van der Waals surface area contributed by atoms with E-state index in [0.717, 1.165) is 44.9 Å². The summed E-state index contributed by atoms with van der Waals surface area (Å²) in [5.41, 5.74) is 0. The molecule has 0 aromatic heterocycles. The summed E-state index contributed by atoms with van der Waals surface area (Å²) < 4.78 is 34.8. The second kappa shape index (κ2) is 45.5. The van der Waals surface area contributed by atoms with E-state index >= 15 is 0 Å². The van der Waals surface area contributed by atoms with E-state index in [9.17, 15) is 14.3 Å². The van der Waals surface area contributed by atoms with Gasteiger partial charge in [0, 0.05) is 13.0 Å². The van der Waals surface area contributed by atoms with Gasteiger partial charge in [-0.3, -0.25) is 9.36 Å². The molecule has 0 aliphatic carbocycles. The molecule has 9 heteroatoms. The van der Waals surface area contributed by atoms with Crippen LogP contribution in [0.3, 0.4) is 0 Å². The molecule has 0 aromatic carbocycles. The van der Waals surface area contributed by atoms with Gasteiger partial charge in [-0.2, -0.15) is 0 Å². The van der Waals surface area contributed by atoms with Crippen molar-refractivity contribution in [3.8, 4) is 0 Å². The van der Waals surface area contributed by atoms with Gasteiger partial charge in [-0.25, -0.2) is 0 Å². The zero-order valence-corrected chi connectivity index (χ0v) is 42.0. The molecule has 0 aliphatic rings. The van der Waals surface area contributed by atoms with Gasteiger partial charge in [-0.1, -0.05) is 218 Å². The molecule has 0 bridgehead atoms. The van der Waals surface area contributed by atoms with Crippen LogP contribution < -0.4 is 4.89 Å². The SMILES string of the molecule is CCCCC/C=C\C/C=C\CCCCCCCCCC(=O)OC(COCCCCCCCCCCCCCCCCCCCCCCCC)COP(=O)([O-])OCC[N+](C)(C)C. The van der Waals surface area contributed by atoms with Crippen LogP contribution in [0.5, 0.6) is 0 Å². The van der Waals surface area contributed by atoms with Gasteiger partial charge >= 0.3 is 5.97 Å². The monoisotopic (exact) mass is 884 g/mol. The number of phosphoric ester groups is 1. The maximum Gasteiger partial charge on any atom is 0.306 e. The molecular formula is C52H102NO7P. The van der Waals surface area contributed by atoms with Crippen molar-refractivity contribution >= 4 is 13.8 Å². The van der Waals surface area contributed by atoms with Crippen molar-refractivity contribution in [2.24, 2.45) is 0 Å². The molecular weight excluding hydrogens is 782 g/mol. The fourth-order valence-corrected chi connectivity index (χ4v) is 8.19. The lowest BCUT2D eigenvalue weighted by Crippen LogP contribution is -2.37. The minimum absolute atomic E-state index is 0.0267. The predicted molar refractivity (Wildman–Crippen MR) is 259 cm³/mol. The first-order valence-electron chi connectivity index (χ1n) is 26.1. The summed E-state index contributed by atoms with van der Waals surface area (Å²) in [6, 6.07) is 0. The number of unbranched alkanes of at least 4 members (excludes halogenated alkanes) is 31. The highest BCUT2D eigenvalue weighted by atomic mass is 31.2. The van der Waals surface area contributed by atoms with E-state index in [0.29, 0.717) is 24.1 Å². The Kier molecular flexibility index (Phi) is 44.8. The minimum atomic E-state index is -4.53. The second-order valence-corrected chi connectivity index (χ2v) is 20.3. The highest BCUT2D eigenvalue weighted by molar-refractivity contribution is 7.45. The number of esters is 1. The summed E-state index contributed by atoms with van der Waals surface area (Å²) >= 11 is 0. The Bertz CT molecular complexity index is 1030. The minimum Gasteiger partial charge on any atom is -0.756 e. The van der Waals surface area contributed by atoms with E-state index in [2.05, 4.69) is 38.2 Å². The number of quaternary nitrogens is 1. The molecule has 0 fully saturated rings. The number of ether oxygens (including phenoxy) is 2.